The average Bonchev–Trinajstić information content (AvgIpc) is 3.29. The lowest BCUT2D eigenvalue weighted by molar-refractivity contribution is -0.169. The first-order valence-electron chi connectivity index (χ1n) is 12.7. The van der Waals surface area contributed by atoms with E-state index in [0.717, 1.165) is 34.9 Å². The van der Waals surface area contributed by atoms with Crippen molar-refractivity contribution >= 4 is 22.6 Å². The van der Waals surface area contributed by atoms with Crippen LogP contribution in [0.25, 0.3) is 10.8 Å². The molecule has 2 saturated heterocycles. The van der Waals surface area contributed by atoms with Gasteiger partial charge in [0.25, 0.3) is 5.91 Å². The Labute approximate surface area is 210 Å². The predicted molar refractivity (Wildman–Crippen MR) is 134 cm³/mol. The molecule has 0 aliphatic carbocycles. The Morgan fingerprint density at radius 3 is 2.81 bits per heavy atom. The summed E-state index contributed by atoms with van der Waals surface area (Å²) in [6.45, 7) is 3.08. The minimum Gasteiger partial charge on any atom is -0.487 e. The molecule has 0 radical (unpaired) electrons. The Balaban J connectivity index is 1.36. The molecule has 1 spiro atoms. The van der Waals surface area contributed by atoms with E-state index in [1.807, 2.05) is 66.4 Å². The zero-order valence-electron chi connectivity index (χ0n) is 20.4. The maximum absolute atomic E-state index is 14.0. The molecule has 4 atom stereocenters. The molecule has 3 aliphatic rings. The van der Waals surface area contributed by atoms with Gasteiger partial charge in [0.05, 0.1) is 18.2 Å². The molecule has 1 amide bonds. The zero-order valence-corrected chi connectivity index (χ0v) is 20.4. The SMILES string of the molecule is C[C@@]1(CCC(=O)O)Oc2ccccc2[C@@H]2OC[C@]3(CCCN3C(=O)c3nccc4ccccc34)C[C@H]21. The Morgan fingerprint density at radius 1 is 1.14 bits per heavy atom. The van der Waals surface area contributed by atoms with Crippen LogP contribution < -0.4 is 4.74 Å². The van der Waals surface area contributed by atoms with Crippen molar-refractivity contribution in [2.75, 3.05) is 13.2 Å². The summed E-state index contributed by atoms with van der Waals surface area (Å²) in [6, 6.07) is 17.6. The number of carboxylic acid groups (broad SMARTS) is 1. The predicted octanol–water partition coefficient (Wildman–Crippen LogP) is 5.00. The molecule has 3 aromatic rings. The molecular formula is C29H30N2O5. The van der Waals surface area contributed by atoms with Crippen molar-refractivity contribution in [3.05, 3.63) is 72.1 Å². The lowest BCUT2D eigenvalue weighted by Gasteiger charge is -2.54. The van der Waals surface area contributed by atoms with E-state index in [1.165, 1.54) is 0 Å². The number of nitrogens with zero attached hydrogens (tertiary/aromatic N) is 2. The van der Waals surface area contributed by atoms with Gasteiger partial charge in [-0.3, -0.25) is 14.6 Å². The summed E-state index contributed by atoms with van der Waals surface area (Å²) in [5, 5.41) is 11.3. The molecule has 0 bridgehead atoms. The molecule has 2 fully saturated rings. The van der Waals surface area contributed by atoms with Crippen molar-refractivity contribution in [1.82, 2.24) is 9.88 Å². The van der Waals surface area contributed by atoms with Gasteiger partial charge >= 0.3 is 5.97 Å². The fraction of sp³-hybridized carbons (Fsp3) is 0.414. The maximum Gasteiger partial charge on any atom is 0.303 e. The molecule has 186 valence electrons. The van der Waals surface area contributed by atoms with Crippen molar-refractivity contribution in [3.8, 4) is 5.75 Å². The van der Waals surface area contributed by atoms with Crippen LogP contribution in [0.15, 0.2) is 60.8 Å². The van der Waals surface area contributed by atoms with Crippen LogP contribution in [0.3, 0.4) is 0 Å². The minimum atomic E-state index is -0.846. The van der Waals surface area contributed by atoms with E-state index >= 15 is 0 Å². The fourth-order valence-electron chi connectivity index (χ4n) is 6.54. The number of amides is 1. The highest BCUT2D eigenvalue weighted by Crippen LogP contribution is 2.55. The highest BCUT2D eigenvalue weighted by atomic mass is 16.5. The van der Waals surface area contributed by atoms with Gasteiger partial charge in [0.2, 0.25) is 0 Å². The number of para-hydroxylation sites is 1. The molecular weight excluding hydrogens is 456 g/mol. The third-order valence-electron chi connectivity index (χ3n) is 8.40. The molecule has 1 N–H and O–H groups in total. The highest BCUT2D eigenvalue weighted by Gasteiger charge is 2.57. The molecule has 4 heterocycles. The number of benzene rings is 2. The van der Waals surface area contributed by atoms with Crippen molar-refractivity contribution in [1.29, 1.82) is 0 Å². The van der Waals surface area contributed by atoms with E-state index in [0.29, 0.717) is 31.7 Å². The second kappa shape index (κ2) is 8.59. The van der Waals surface area contributed by atoms with Gasteiger partial charge in [0.1, 0.15) is 17.0 Å². The molecule has 0 saturated carbocycles. The summed E-state index contributed by atoms with van der Waals surface area (Å²) in [5.74, 6) is -0.256. The summed E-state index contributed by atoms with van der Waals surface area (Å²) < 4.78 is 13.1. The van der Waals surface area contributed by atoms with Crippen LogP contribution in [0.5, 0.6) is 5.75 Å². The summed E-state index contributed by atoms with van der Waals surface area (Å²) in [5.41, 5.74) is 0.267. The molecule has 3 aliphatic heterocycles. The Hall–Kier alpha value is -3.45. The smallest absolute Gasteiger partial charge is 0.303 e. The number of aliphatic carboxylic acids is 1. The van der Waals surface area contributed by atoms with Crippen LogP contribution in [0, 0.1) is 5.92 Å². The summed E-state index contributed by atoms with van der Waals surface area (Å²) in [4.78, 5) is 31.9. The Morgan fingerprint density at radius 2 is 1.94 bits per heavy atom. The molecule has 2 aromatic carbocycles. The van der Waals surface area contributed by atoms with E-state index in [2.05, 4.69) is 4.98 Å². The largest absolute Gasteiger partial charge is 0.487 e. The average molecular weight is 487 g/mol. The van der Waals surface area contributed by atoms with Gasteiger partial charge in [-0.1, -0.05) is 42.5 Å². The number of aromatic nitrogens is 1. The second-order valence-corrected chi connectivity index (χ2v) is 10.6. The molecule has 6 rings (SSSR count). The Bertz CT molecular complexity index is 1340. The number of likely N-dealkylation sites (tertiary alicyclic amines) is 1. The van der Waals surface area contributed by atoms with Crippen LogP contribution in [0.4, 0.5) is 0 Å². The minimum absolute atomic E-state index is 0.0114. The van der Waals surface area contributed by atoms with Gasteiger partial charge in [0.15, 0.2) is 0 Å². The van der Waals surface area contributed by atoms with Crippen LogP contribution in [0.2, 0.25) is 0 Å². The molecule has 0 unspecified atom stereocenters. The van der Waals surface area contributed by atoms with E-state index in [4.69, 9.17) is 9.47 Å². The summed E-state index contributed by atoms with van der Waals surface area (Å²) >= 11 is 0. The molecule has 7 heteroatoms. The second-order valence-electron chi connectivity index (χ2n) is 10.6. The van der Waals surface area contributed by atoms with E-state index in [-0.39, 0.29) is 24.3 Å². The summed E-state index contributed by atoms with van der Waals surface area (Å²) in [7, 11) is 0. The monoisotopic (exact) mass is 486 g/mol. The third-order valence-corrected chi connectivity index (χ3v) is 8.40. The van der Waals surface area contributed by atoms with Gasteiger partial charge in [-0.05, 0) is 50.1 Å². The van der Waals surface area contributed by atoms with E-state index in [9.17, 15) is 14.7 Å². The maximum atomic E-state index is 14.0. The van der Waals surface area contributed by atoms with Crippen LogP contribution >= 0.6 is 0 Å². The van der Waals surface area contributed by atoms with Crippen LogP contribution in [0.1, 0.15) is 61.2 Å². The first-order chi connectivity index (χ1) is 17.4. The fourth-order valence-corrected chi connectivity index (χ4v) is 6.54. The van der Waals surface area contributed by atoms with Gasteiger partial charge in [-0.15, -0.1) is 0 Å². The van der Waals surface area contributed by atoms with Crippen molar-refractivity contribution < 1.29 is 24.2 Å². The number of carbonyl (C=O) groups excluding carboxylic acids is 1. The quantitative estimate of drug-likeness (QED) is 0.558. The van der Waals surface area contributed by atoms with E-state index in [1.54, 1.807) is 6.20 Å². The number of rotatable bonds is 4. The third kappa shape index (κ3) is 3.64. The van der Waals surface area contributed by atoms with Gasteiger partial charge < -0.3 is 19.5 Å². The summed E-state index contributed by atoms with van der Waals surface area (Å²) in [6.07, 6.45) is 4.30. The lowest BCUT2D eigenvalue weighted by atomic mass is 9.68. The molecule has 36 heavy (non-hydrogen) atoms. The van der Waals surface area contributed by atoms with Crippen LogP contribution in [-0.2, 0) is 9.53 Å². The van der Waals surface area contributed by atoms with Gasteiger partial charge in [0, 0.05) is 36.0 Å². The van der Waals surface area contributed by atoms with Gasteiger partial charge in [-0.25, -0.2) is 0 Å². The number of ether oxygens (including phenoxy) is 2. The normalized spacial score (nSPS) is 29.0. The van der Waals surface area contributed by atoms with Gasteiger partial charge in [-0.2, -0.15) is 0 Å². The first kappa shape index (κ1) is 23.0. The number of hydrogen-bond acceptors (Lipinski definition) is 5. The topological polar surface area (TPSA) is 89.0 Å². The number of carbonyl (C=O) groups is 2. The highest BCUT2D eigenvalue weighted by molar-refractivity contribution is 6.05. The Kier molecular flexibility index (Phi) is 5.48. The van der Waals surface area contributed by atoms with E-state index < -0.39 is 17.1 Å². The molecule has 7 nitrogen and oxygen atoms in total. The zero-order chi connectivity index (χ0) is 24.9. The van der Waals surface area contributed by atoms with Crippen molar-refractivity contribution in [2.24, 2.45) is 5.92 Å². The lowest BCUT2D eigenvalue weighted by Crippen LogP contribution is -2.60. The number of fused-ring (bicyclic) bond motifs is 4. The number of pyridine rings is 1. The number of carboxylic acids is 1. The molecule has 1 aromatic heterocycles. The standard InChI is InChI=1S/C29H30N2O5/c1-28(14-11-24(32)33)22-17-29(18-35-26(22)21-9-4-5-10-23(21)36-28)13-6-16-31(29)27(34)25-20-8-3-2-7-19(20)12-15-30-25/h2-5,7-10,12,15,22,26H,6,11,13-14,16-18H2,1H3,(H,32,33)/t22-,26+,28+,29+/m1/s1. The number of hydrogen-bond donors (Lipinski definition) is 1. The first-order valence-corrected chi connectivity index (χ1v) is 12.7. The van der Waals surface area contributed by atoms with Crippen molar-refractivity contribution in [2.45, 2.75) is 56.3 Å². The van der Waals surface area contributed by atoms with Crippen molar-refractivity contribution in [3.63, 3.8) is 0 Å². The van der Waals surface area contributed by atoms with Crippen LogP contribution in [-0.4, -0.2) is 51.2 Å².